The molecule has 5 heteroatoms. The van der Waals surface area contributed by atoms with Crippen LogP contribution in [0.4, 0.5) is 5.69 Å². The molecule has 2 heterocycles. The fraction of sp³-hybridized carbons (Fsp3) is 0.273. The summed E-state index contributed by atoms with van der Waals surface area (Å²) in [5.74, 6) is 1.05. The number of para-hydroxylation sites is 1. The molecule has 0 atom stereocenters. The molecule has 0 N–H and O–H groups in total. The van der Waals surface area contributed by atoms with Gasteiger partial charge in [-0.3, -0.25) is 0 Å². The van der Waals surface area contributed by atoms with E-state index in [1.165, 1.54) is 18.4 Å². The number of fused-ring (bicyclic) bond motifs is 1. The standard InChI is InChI=1S/C22H22N2O3/c1-15-19(14-24-13-5-7-16-6-3-4-8-20(16)24)23-21(27-15)17-9-11-18(12-10-17)22(25)26-2/h3-4,6,8-12H,5,7,13-14H2,1-2H3. The Morgan fingerprint density at radius 3 is 2.74 bits per heavy atom. The quantitative estimate of drug-likeness (QED) is 0.644. The molecule has 0 saturated heterocycles. The van der Waals surface area contributed by atoms with Gasteiger partial charge >= 0.3 is 5.97 Å². The van der Waals surface area contributed by atoms with Gasteiger partial charge in [0.05, 0.1) is 19.2 Å². The Morgan fingerprint density at radius 2 is 1.96 bits per heavy atom. The van der Waals surface area contributed by atoms with Crippen LogP contribution in [0.15, 0.2) is 52.9 Å². The molecule has 2 aromatic carbocycles. The van der Waals surface area contributed by atoms with Crippen LogP contribution < -0.4 is 4.90 Å². The molecule has 0 bridgehead atoms. The van der Waals surface area contributed by atoms with Crippen molar-refractivity contribution >= 4 is 11.7 Å². The summed E-state index contributed by atoms with van der Waals surface area (Å²) in [5, 5.41) is 0. The number of methoxy groups -OCH3 is 1. The van der Waals surface area contributed by atoms with Crippen LogP contribution in [0.1, 0.15) is 33.8 Å². The largest absolute Gasteiger partial charge is 0.465 e. The maximum atomic E-state index is 11.6. The van der Waals surface area contributed by atoms with E-state index >= 15 is 0 Å². The average Bonchev–Trinajstić information content (AvgIpc) is 3.08. The zero-order chi connectivity index (χ0) is 18.8. The molecule has 0 aliphatic carbocycles. The molecule has 5 nitrogen and oxygen atoms in total. The number of nitrogens with zero attached hydrogens (tertiary/aromatic N) is 2. The van der Waals surface area contributed by atoms with Crippen molar-refractivity contribution < 1.29 is 13.9 Å². The number of carbonyl (C=O) groups excluding carboxylic acids is 1. The number of benzene rings is 2. The van der Waals surface area contributed by atoms with Crippen molar-refractivity contribution in [3.8, 4) is 11.5 Å². The molecule has 1 aliphatic heterocycles. The highest BCUT2D eigenvalue weighted by Crippen LogP contribution is 2.29. The Balaban J connectivity index is 1.57. The maximum absolute atomic E-state index is 11.6. The second-order valence-electron chi connectivity index (χ2n) is 6.74. The average molecular weight is 362 g/mol. The molecule has 0 unspecified atom stereocenters. The summed E-state index contributed by atoms with van der Waals surface area (Å²) in [4.78, 5) is 18.7. The highest BCUT2D eigenvalue weighted by atomic mass is 16.5. The number of hydrogen-bond donors (Lipinski definition) is 0. The van der Waals surface area contributed by atoms with Crippen molar-refractivity contribution in [1.82, 2.24) is 4.98 Å². The third-order valence-corrected chi connectivity index (χ3v) is 4.99. The van der Waals surface area contributed by atoms with E-state index in [1.807, 2.05) is 19.1 Å². The Morgan fingerprint density at radius 1 is 1.19 bits per heavy atom. The SMILES string of the molecule is COC(=O)c1ccc(-c2nc(CN3CCCc4ccccc43)c(C)o2)cc1. The molecule has 0 amide bonds. The molecule has 0 spiro atoms. The third-order valence-electron chi connectivity index (χ3n) is 4.99. The summed E-state index contributed by atoms with van der Waals surface area (Å²) >= 11 is 0. The Bertz CT molecular complexity index is 960. The van der Waals surface area contributed by atoms with Crippen LogP contribution in [0.25, 0.3) is 11.5 Å². The number of anilines is 1. The van der Waals surface area contributed by atoms with E-state index in [2.05, 4.69) is 29.2 Å². The molecule has 3 aromatic rings. The molecule has 0 radical (unpaired) electrons. The van der Waals surface area contributed by atoms with Crippen LogP contribution in [0.5, 0.6) is 0 Å². The minimum atomic E-state index is -0.352. The predicted molar refractivity (Wildman–Crippen MR) is 104 cm³/mol. The summed E-state index contributed by atoms with van der Waals surface area (Å²) in [6.07, 6.45) is 2.28. The summed E-state index contributed by atoms with van der Waals surface area (Å²) in [7, 11) is 1.37. The second-order valence-corrected chi connectivity index (χ2v) is 6.74. The van der Waals surface area contributed by atoms with Gasteiger partial charge < -0.3 is 14.1 Å². The van der Waals surface area contributed by atoms with Gasteiger partial charge in [-0.25, -0.2) is 9.78 Å². The minimum Gasteiger partial charge on any atom is -0.465 e. The van der Waals surface area contributed by atoms with Crippen LogP contribution in [0.2, 0.25) is 0 Å². The number of carbonyl (C=O) groups is 1. The second kappa shape index (κ2) is 7.27. The molecule has 0 saturated carbocycles. The van der Waals surface area contributed by atoms with Gasteiger partial charge in [-0.1, -0.05) is 18.2 Å². The van der Waals surface area contributed by atoms with Gasteiger partial charge in [0.2, 0.25) is 5.89 Å². The summed E-state index contributed by atoms with van der Waals surface area (Å²) < 4.78 is 10.6. The molecule has 138 valence electrons. The van der Waals surface area contributed by atoms with Crippen molar-refractivity contribution in [2.75, 3.05) is 18.6 Å². The van der Waals surface area contributed by atoms with E-state index in [4.69, 9.17) is 14.1 Å². The molecule has 1 aliphatic rings. The van der Waals surface area contributed by atoms with Crippen molar-refractivity contribution in [3.05, 3.63) is 71.1 Å². The van der Waals surface area contributed by atoms with Crippen molar-refractivity contribution in [2.45, 2.75) is 26.3 Å². The van der Waals surface area contributed by atoms with E-state index in [0.717, 1.165) is 42.9 Å². The predicted octanol–water partition coefficient (Wildman–Crippen LogP) is 4.39. The van der Waals surface area contributed by atoms with Gasteiger partial charge in [0, 0.05) is 17.8 Å². The molecular weight excluding hydrogens is 340 g/mol. The van der Waals surface area contributed by atoms with Gasteiger partial charge in [-0.15, -0.1) is 0 Å². The van der Waals surface area contributed by atoms with E-state index in [-0.39, 0.29) is 5.97 Å². The fourth-order valence-corrected chi connectivity index (χ4v) is 3.52. The smallest absolute Gasteiger partial charge is 0.337 e. The minimum absolute atomic E-state index is 0.352. The fourth-order valence-electron chi connectivity index (χ4n) is 3.52. The lowest BCUT2D eigenvalue weighted by Crippen LogP contribution is -2.29. The van der Waals surface area contributed by atoms with Gasteiger partial charge in [0.1, 0.15) is 11.5 Å². The number of oxazole rings is 1. The van der Waals surface area contributed by atoms with Crippen molar-refractivity contribution in [2.24, 2.45) is 0 Å². The first-order valence-electron chi connectivity index (χ1n) is 9.13. The molecular formula is C22H22N2O3. The van der Waals surface area contributed by atoms with E-state index < -0.39 is 0 Å². The summed E-state index contributed by atoms with van der Waals surface area (Å²) in [5.41, 5.74) is 4.98. The summed E-state index contributed by atoms with van der Waals surface area (Å²) in [6, 6.07) is 15.7. The number of aromatic nitrogens is 1. The van der Waals surface area contributed by atoms with Gasteiger partial charge in [-0.2, -0.15) is 0 Å². The Kier molecular flexibility index (Phi) is 4.67. The van der Waals surface area contributed by atoms with E-state index in [0.29, 0.717) is 11.5 Å². The normalized spacial score (nSPS) is 13.3. The lowest BCUT2D eigenvalue weighted by atomic mass is 10.0. The molecule has 1 aromatic heterocycles. The number of hydrogen-bond acceptors (Lipinski definition) is 5. The zero-order valence-electron chi connectivity index (χ0n) is 15.6. The summed E-state index contributed by atoms with van der Waals surface area (Å²) in [6.45, 7) is 3.70. The topological polar surface area (TPSA) is 55.6 Å². The van der Waals surface area contributed by atoms with Crippen LogP contribution in [0, 0.1) is 6.92 Å². The lowest BCUT2D eigenvalue weighted by molar-refractivity contribution is 0.0600. The van der Waals surface area contributed by atoms with Crippen LogP contribution in [0.3, 0.4) is 0 Å². The van der Waals surface area contributed by atoms with Crippen LogP contribution in [-0.2, 0) is 17.7 Å². The Hall–Kier alpha value is -3.08. The number of esters is 1. The first kappa shape index (κ1) is 17.3. The van der Waals surface area contributed by atoms with Crippen LogP contribution in [-0.4, -0.2) is 24.6 Å². The van der Waals surface area contributed by atoms with Gasteiger partial charge in [-0.05, 0) is 55.7 Å². The first-order chi connectivity index (χ1) is 13.2. The molecule has 27 heavy (non-hydrogen) atoms. The monoisotopic (exact) mass is 362 g/mol. The van der Waals surface area contributed by atoms with Gasteiger partial charge in [0.15, 0.2) is 0 Å². The van der Waals surface area contributed by atoms with E-state index in [9.17, 15) is 4.79 Å². The lowest BCUT2D eigenvalue weighted by Gasteiger charge is -2.30. The van der Waals surface area contributed by atoms with E-state index in [1.54, 1.807) is 12.1 Å². The molecule has 0 fully saturated rings. The highest BCUT2D eigenvalue weighted by Gasteiger charge is 2.20. The maximum Gasteiger partial charge on any atom is 0.337 e. The number of ether oxygens (including phenoxy) is 1. The first-order valence-corrected chi connectivity index (χ1v) is 9.13. The van der Waals surface area contributed by atoms with Crippen molar-refractivity contribution in [3.63, 3.8) is 0 Å². The number of aryl methyl sites for hydroxylation is 2. The highest BCUT2D eigenvalue weighted by molar-refractivity contribution is 5.89. The zero-order valence-corrected chi connectivity index (χ0v) is 15.6. The van der Waals surface area contributed by atoms with Crippen molar-refractivity contribution in [1.29, 1.82) is 0 Å². The van der Waals surface area contributed by atoms with Gasteiger partial charge in [0.25, 0.3) is 0 Å². The molecule has 4 rings (SSSR count). The Labute approximate surface area is 158 Å². The van der Waals surface area contributed by atoms with Crippen LogP contribution >= 0.6 is 0 Å². The number of rotatable bonds is 4. The third kappa shape index (κ3) is 3.45.